The van der Waals surface area contributed by atoms with Gasteiger partial charge in [-0.2, -0.15) is 0 Å². The number of aromatic nitrogens is 1. The van der Waals surface area contributed by atoms with Crippen LogP contribution in [0.15, 0.2) is 42.5 Å². The van der Waals surface area contributed by atoms with E-state index in [0.29, 0.717) is 18.9 Å². The van der Waals surface area contributed by atoms with Gasteiger partial charge in [0.05, 0.1) is 6.54 Å². The molecule has 4 nitrogen and oxygen atoms in total. The molecule has 2 heterocycles. The van der Waals surface area contributed by atoms with E-state index in [-0.39, 0.29) is 11.7 Å². The van der Waals surface area contributed by atoms with Gasteiger partial charge in [0.1, 0.15) is 5.82 Å². The first-order valence-corrected chi connectivity index (χ1v) is 10.3. The van der Waals surface area contributed by atoms with Gasteiger partial charge in [0.25, 0.3) is 0 Å². The molecule has 1 atom stereocenters. The first-order chi connectivity index (χ1) is 13.6. The zero-order valence-corrected chi connectivity index (χ0v) is 16.9. The summed E-state index contributed by atoms with van der Waals surface area (Å²) in [5.74, 6) is 0.332. The predicted octanol–water partition coefficient (Wildman–Crippen LogP) is 3.86. The van der Waals surface area contributed by atoms with Gasteiger partial charge >= 0.3 is 0 Å². The summed E-state index contributed by atoms with van der Waals surface area (Å²) in [6.45, 7) is 7.88. The van der Waals surface area contributed by atoms with Gasteiger partial charge in [-0.05, 0) is 63.1 Å². The Morgan fingerprint density at radius 3 is 2.75 bits per heavy atom. The summed E-state index contributed by atoms with van der Waals surface area (Å²) in [4.78, 5) is 21.4. The highest BCUT2D eigenvalue weighted by Gasteiger charge is 2.25. The van der Waals surface area contributed by atoms with Crippen molar-refractivity contribution >= 4 is 5.91 Å². The van der Waals surface area contributed by atoms with Crippen molar-refractivity contribution in [2.24, 2.45) is 0 Å². The van der Waals surface area contributed by atoms with E-state index in [2.05, 4.69) is 11.0 Å². The summed E-state index contributed by atoms with van der Waals surface area (Å²) in [5.41, 5.74) is 2.97. The molecule has 0 unspecified atom stereocenters. The molecule has 1 saturated heterocycles. The molecule has 1 fully saturated rings. The summed E-state index contributed by atoms with van der Waals surface area (Å²) >= 11 is 0. The van der Waals surface area contributed by atoms with E-state index in [4.69, 9.17) is 4.98 Å². The molecule has 0 aliphatic carbocycles. The highest BCUT2D eigenvalue weighted by Crippen LogP contribution is 2.26. The average Bonchev–Trinajstić information content (AvgIpc) is 2.69. The third-order valence-electron chi connectivity index (χ3n) is 5.50. The van der Waals surface area contributed by atoms with E-state index in [1.54, 1.807) is 12.1 Å². The van der Waals surface area contributed by atoms with Crippen LogP contribution in [0.25, 0.3) is 0 Å². The fraction of sp³-hybridized carbons (Fsp3) is 0.478. The number of carbonyl (C=O) groups is 1. The number of amides is 1. The molecule has 0 radical (unpaired) electrons. The Morgan fingerprint density at radius 1 is 1.21 bits per heavy atom. The van der Waals surface area contributed by atoms with Crippen LogP contribution in [0.2, 0.25) is 0 Å². The van der Waals surface area contributed by atoms with Gasteiger partial charge in [0, 0.05) is 43.4 Å². The standard InChI is InChI=1S/C23H30FN3O/c1-3-27(4-2)23(28)17-26-13-7-9-19(16-26)22-12-6-11-21(25-22)15-18-8-5-10-20(24)14-18/h5-6,8,10-12,14,19H,3-4,7,9,13,15-17H2,1-2H3/t19-/m1/s1. The maximum atomic E-state index is 13.4. The zero-order valence-electron chi connectivity index (χ0n) is 16.9. The molecule has 28 heavy (non-hydrogen) atoms. The number of pyridine rings is 1. The van der Waals surface area contributed by atoms with E-state index in [9.17, 15) is 9.18 Å². The number of benzene rings is 1. The molecule has 1 aromatic carbocycles. The Labute approximate surface area is 167 Å². The molecule has 0 bridgehead atoms. The van der Waals surface area contributed by atoms with Crippen molar-refractivity contribution in [1.82, 2.24) is 14.8 Å². The predicted molar refractivity (Wildman–Crippen MR) is 110 cm³/mol. The fourth-order valence-electron chi connectivity index (χ4n) is 3.99. The zero-order chi connectivity index (χ0) is 19.9. The molecule has 2 aromatic rings. The molecule has 1 aromatic heterocycles. The summed E-state index contributed by atoms with van der Waals surface area (Å²) in [5, 5.41) is 0. The van der Waals surface area contributed by atoms with Crippen molar-refractivity contribution in [2.75, 3.05) is 32.7 Å². The van der Waals surface area contributed by atoms with Crippen LogP contribution >= 0.6 is 0 Å². The fourth-order valence-corrected chi connectivity index (χ4v) is 3.99. The number of halogens is 1. The van der Waals surface area contributed by atoms with Gasteiger partial charge in [-0.3, -0.25) is 14.7 Å². The summed E-state index contributed by atoms with van der Waals surface area (Å²) < 4.78 is 13.4. The van der Waals surface area contributed by atoms with Crippen LogP contribution in [0.4, 0.5) is 4.39 Å². The normalized spacial score (nSPS) is 17.5. The molecule has 1 aliphatic heterocycles. The highest BCUT2D eigenvalue weighted by molar-refractivity contribution is 5.78. The molecular formula is C23H30FN3O. The maximum Gasteiger partial charge on any atom is 0.236 e. The Hall–Kier alpha value is -2.27. The van der Waals surface area contributed by atoms with Crippen LogP contribution in [-0.4, -0.2) is 53.4 Å². The maximum absolute atomic E-state index is 13.4. The highest BCUT2D eigenvalue weighted by atomic mass is 19.1. The lowest BCUT2D eigenvalue weighted by atomic mass is 9.94. The number of likely N-dealkylation sites (N-methyl/N-ethyl adjacent to an activating group) is 1. The van der Waals surface area contributed by atoms with Crippen LogP contribution in [-0.2, 0) is 11.2 Å². The number of likely N-dealkylation sites (tertiary alicyclic amines) is 1. The summed E-state index contributed by atoms with van der Waals surface area (Å²) in [7, 11) is 0. The van der Waals surface area contributed by atoms with Crippen molar-refractivity contribution in [3.8, 4) is 0 Å². The van der Waals surface area contributed by atoms with Gasteiger partial charge in [0.2, 0.25) is 5.91 Å². The van der Waals surface area contributed by atoms with Gasteiger partial charge in [0.15, 0.2) is 0 Å². The number of rotatable bonds is 7. The SMILES string of the molecule is CCN(CC)C(=O)CN1CCC[C@@H](c2cccc(Cc3cccc(F)c3)n2)C1. The topological polar surface area (TPSA) is 36.4 Å². The average molecular weight is 384 g/mol. The lowest BCUT2D eigenvalue weighted by molar-refractivity contribution is -0.132. The first kappa shape index (κ1) is 20.5. The Morgan fingerprint density at radius 2 is 2.00 bits per heavy atom. The minimum absolute atomic E-state index is 0.207. The van der Waals surface area contributed by atoms with Crippen LogP contribution in [0.3, 0.4) is 0 Å². The van der Waals surface area contributed by atoms with E-state index in [0.717, 1.165) is 56.0 Å². The first-order valence-electron chi connectivity index (χ1n) is 10.3. The molecule has 0 saturated carbocycles. The number of carbonyl (C=O) groups excluding carboxylic acids is 1. The van der Waals surface area contributed by atoms with E-state index in [1.807, 2.05) is 36.9 Å². The monoisotopic (exact) mass is 383 g/mol. The second kappa shape index (κ2) is 9.78. The van der Waals surface area contributed by atoms with Crippen LogP contribution in [0.5, 0.6) is 0 Å². The molecule has 1 amide bonds. The Kier molecular flexibility index (Phi) is 7.15. The number of hydrogen-bond donors (Lipinski definition) is 0. The minimum Gasteiger partial charge on any atom is -0.342 e. The number of hydrogen-bond acceptors (Lipinski definition) is 3. The second-order valence-corrected chi connectivity index (χ2v) is 7.50. The summed E-state index contributed by atoms with van der Waals surface area (Å²) in [6, 6.07) is 12.8. The second-order valence-electron chi connectivity index (χ2n) is 7.50. The largest absolute Gasteiger partial charge is 0.342 e. The Balaban J connectivity index is 1.65. The third-order valence-corrected chi connectivity index (χ3v) is 5.50. The van der Waals surface area contributed by atoms with Crippen LogP contribution < -0.4 is 0 Å². The van der Waals surface area contributed by atoms with Gasteiger partial charge in [-0.1, -0.05) is 18.2 Å². The van der Waals surface area contributed by atoms with Gasteiger partial charge < -0.3 is 4.90 Å². The quantitative estimate of drug-likeness (QED) is 0.728. The number of piperidine rings is 1. The van der Waals surface area contributed by atoms with Crippen molar-refractivity contribution in [3.63, 3.8) is 0 Å². The van der Waals surface area contributed by atoms with Crippen molar-refractivity contribution < 1.29 is 9.18 Å². The molecule has 0 spiro atoms. The van der Waals surface area contributed by atoms with Crippen LogP contribution in [0, 0.1) is 5.82 Å². The molecule has 5 heteroatoms. The molecular weight excluding hydrogens is 353 g/mol. The van der Waals surface area contributed by atoms with Crippen LogP contribution in [0.1, 0.15) is 49.6 Å². The lowest BCUT2D eigenvalue weighted by Gasteiger charge is -2.33. The van der Waals surface area contributed by atoms with E-state index in [1.165, 1.54) is 6.07 Å². The van der Waals surface area contributed by atoms with E-state index < -0.39 is 0 Å². The van der Waals surface area contributed by atoms with E-state index >= 15 is 0 Å². The van der Waals surface area contributed by atoms with Crippen molar-refractivity contribution in [1.29, 1.82) is 0 Å². The van der Waals surface area contributed by atoms with Crippen molar-refractivity contribution in [3.05, 3.63) is 65.2 Å². The van der Waals surface area contributed by atoms with Gasteiger partial charge in [-0.15, -0.1) is 0 Å². The Bertz CT molecular complexity index is 791. The minimum atomic E-state index is -0.213. The molecule has 0 N–H and O–H groups in total. The molecule has 150 valence electrons. The third kappa shape index (κ3) is 5.38. The smallest absolute Gasteiger partial charge is 0.236 e. The lowest BCUT2D eigenvalue weighted by Crippen LogP contribution is -2.43. The molecule has 3 rings (SSSR count). The molecule has 1 aliphatic rings. The summed E-state index contributed by atoms with van der Waals surface area (Å²) in [6.07, 6.45) is 2.79. The van der Waals surface area contributed by atoms with Gasteiger partial charge in [-0.25, -0.2) is 4.39 Å². The van der Waals surface area contributed by atoms with Crippen molar-refractivity contribution in [2.45, 2.75) is 39.0 Å². The number of nitrogens with zero attached hydrogens (tertiary/aromatic N) is 3.